The normalized spacial score (nSPS) is 10.3. The third kappa shape index (κ3) is 5.57. The zero-order valence-corrected chi connectivity index (χ0v) is 11.7. The van der Waals surface area contributed by atoms with Gasteiger partial charge in [-0.2, -0.15) is 0 Å². The third-order valence-corrected chi connectivity index (χ3v) is 2.75. The fraction of sp³-hybridized carbons (Fsp3) is 0.400. The number of ether oxygens (including phenoxy) is 1. The number of amides is 1. The Morgan fingerprint density at radius 2 is 2.16 bits per heavy atom. The predicted molar refractivity (Wildman–Crippen MR) is 78.6 cm³/mol. The molecule has 0 fully saturated rings. The Morgan fingerprint density at radius 3 is 2.79 bits per heavy atom. The summed E-state index contributed by atoms with van der Waals surface area (Å²) in [6.07, 6.45) is 1.69. The first-order chi connectivity index (χ1) is 9.19. The van der Waals surface area contributed by atoms with Crippen molar-refractivity contribution in [1.29, 1.82) is 0 Å². The van der Waals surface area contributed by atoms with E-state index in [1.807, 2.05) is 38.1 Å². The number of carbonyl (C=O) groups is 1. The maximum absolute atomic E-state index is 11.9. The van der Waals surface area contributed by atoms with Crippen molar-refractivity contribution in [3.8, 4) is 5.75 Å². The number of nitrogens with one attached hydrogen (secondary N) is 1. The van der Waals surface area contributed by atoms with E-state index in [9.17, 15) is 4.79 Å². The van der Waals surface area contributed by atoms with Crippen LogP contribution in [0.1, 0.15) is 13.8 Å². The Morgan fingerprint density at radius 1 is 1.42 bits per heavy atom. The third-order valence-electron chi connectivity index (χ3n) is 2.75. The van der Waals surface area contributed by atoms with Gasteiger partial charge in [-0.1, -0.05) is 32.6 Å². The van der Waals surface area contributed by atoms with Crippen molar-refractivity contribution >= 4 is 11.6 Å². The fourth-order valence-corrected chi connectivity index (χ4v) is 1.67. The van der Waals surface area contributed by atoms with Gasteiger partial charge in [0.2, 0.25) is 5.91 Å². The van der Waals surface area contributed by atoms with Crippen molar-refractivity contribution in [2.45, 2.75) is 13.8 Å². The van der Waals surface area contributed by atoms with Crippen LogP contribution in [-0.4, -0.2) is 37.0 Å². The maximum atomic E-state index is 11.9. The topological polar surface area (TPSA) is 41.6 Å². The van der Waals surface area contributed by atoms with E-state index in [4.69, 9.17) is 4.74 Å². The highest BCUT2D eigenvalue weighted by molar-refractivity contribution is 5.92. The second-order valence-corrected chi connectivity index (χ2v) is 4.14. The molecule has 0 bridgehead atoms. The first-order valence-electron chi connectivity index (χ1n) is 6.55. The highest BCUT2D eigenvalue weighted by atomic mass is 16.5. The Labute approximate surface area is 115 Å². The van der Waals surface area contributed by atoms with Crippen LogP contribution in [0.15, 0.2) is 36.9 Å². The van der Waals surface area contributed by atoms with Crippen molar-refractivity contribution in [2.24, 2.45) is 0 Å². The van der Waals surface area contributed by atoms with Gasteiger partial charge in [0, 0.05) is 11.8 Å². The molecule has 0 radical (unpaired) electrons. The zero-order chi connectivity index (χ0) is 14.1. The minimum absolute atomic E-state index is 0.00966. The van der Waals surface area contributed by atoms with Gasteiger partial charge in [0.15, 0.2) is 0 Å². The van der Waals surface area contributed by atoms with Crippen LogP contribution in [0, 0.1) is 0 Å². The van der Waals surface area contributed by atoms with E-state index in [0.717, 1.165) is 24.5 Å². The molecule has 0 saturated carbocycles. The highest BCUT2D eigenvalue weighted by Crippen LogP contribution is 2.17. The number of hydrogen-bond donors (Lipinski definition) is 1. The molecule has 0 heterocycles. The lowest BCUT2D eigenvalue weighted by atomic mass is 10.3. The van der Waals surface area contributed by atoms with Crippen molar-refractivity contribution in [2.75, 3.05) is 31.6 Å². The molecular weight excluding hydrogens is 240 g/mol. The molecule has 4 nitrogen and oxygen atoms in total. The Balaban J connectivity index is 2.56. The van der Waals surface area contributed by atoms with Gasteiger partial charge in [0.25, 0.3) is 0 Å². The number of nitrogens with zero attached hydrogens (tertiary/aromatic N) is 1. The second-order valence-electron chi connectivity index (χ2n) is 4.14. The van der Waals surface area contributed by atoms with E-state index in [-0.39, 0.29) is 5.91 Å². The van der Waals surface area contributed by atoms with Gasteiger partial charge in [-0.25, -0.2) is 0 Å². The Hall–Kier alpha value is -1.81. The molecule has 0 unspecified atom stereocenters. The summed E-state index contributed by atoms with van der Waals surface area (Å²) in [5.74, 6) is 0.713. The first kappa shape index (κ1) is 15.2. The van der Waals surface area contributed by atoms with E-state index in [2.05, 4.69) is 16.8 Å². The zero-order valence-electron chi connectivity index (χ0n) is 11.7. The molecule has 4 heteroatoms. The number of carbonyl (C=O) groups excluding carboxylic acids is 1. The summed E-state index contributed by atoms with van der Waals surface area (Å²) >= 11 is 0. The van der Waals surface area contributed by atoms with Crippen LogP contribution >= 0.6 is 0 Å². The summed E-state index contributed by atoms with van der Waals surface area (Å²) in [4.78, 5) is 13.9. The van der Waals surface area contributed by atoms with E-state index in [0.29, 0.717) is 13.2 Å². The second kappa shape index (κ2) is 8.32. The lowest BCUT2D eigenvalue weighted by Gasteiger charge is -2.17. The summed E-state index contributed by atoms with van der Waals surface area (Å²) in [5.41, 5.74) is 0.749. The fourth-order valence-electron chi connectivity index (χ4n) is 1.67. The molecule has 1 amide bonds. The van der Waals surface area contributed by atoms with Gasteiger partial charge < -0.3 is 10.1 Å². The van der Waals surface area contributed by atoms with Crippen molar-refractivity contribution < 1.29 is 9.53 Å². The Kier molecular flexibility index (Phi) is 6.68. The van der Waals surface area contributed by atoms with Crippen LogP contribution in [0.4, 0.5) is 5.69 Å². The number of benzene rings is 1. The van der Waals surface area contributed by atoms with Crippen LogP contribution in [-0.2, 0) is 4.79 Å². The van der Waals surface area contributed by atoms with E-state index in [1.165, 1.54) is 0 Å². The van der Waals surface area contributed by atoms with Crippen LogP contribution in [0.2, 0.25) is 0 Å². The molecule has 104 valence electrons. The average molecular weight is 262 g/mol. The van der Waals surface area contributed by atoms with Crippen LogP contribution in [0.3, 0.4) is 0 Å². The van der Waals surface area contributed by atoms with E-state index in [1.54, 1.807) is 6.08 Å². The molecular formula is C15H22N2O2. The van der Waals surface area contributed by atoms with Crippen molar-refractivity contribution in [1.82, 2.24) is 4.90 Å². The molecule has 1 aromatic rings. The average Bonchev–Trinajstić information content (AvgIpc) is 2.43. The van der Waals surface area contributed by atoms with Crippen molar-refractivity contribution in [3.63, 3.8) is 0 Å². The van der Waals surface area contributed by atoms with Crippen molar-refractivity contribution in [3.05, 3.63) is 36.9 Å². The molecule has 0 atom stereocenters. The lowest BCUT2D eigenvalue weighted by Crippen LogP contribution is -2.32. The van der Waals surface area contributed by atoms with Crippen LogP contribution < -0.4 is 10.1 Å². The summed E-state index contributed by atoms with van der Waals surface area (Å²) < 4.78 is 5.42. The standard InChI is InChI=1S/C15H22N2O2/c1-4-10-19-14-9-7-8-13(11-14)16-15(18)12-17(5-2)6-3/h4,7-9,11H,1,5-6,10,12H2,2-3H3,(H,16,18). The molecule has 0 aromatic heterocycles. The predicted octanol–water partition coefficient (Wildman–Crippen LogP) is 2.53. The molecule has 0 aliphatic rings. The first-order valence-corrected chi connectivity index (χ1v) is 6.55. The molecule has 0 saturated heterocycles. The van der Waals surface area contributed by atoms with Gasteiger partial charge in [0.05, 0.1) is 6.54 Å². The molecule has 1 aromatic carbocycles. The molecule has 19 heavy (non-hydrogen) atoms. The minimum atomic E-state index is -0.00966. The number of likely N-dealkylation sites (N-methyl/N-ethyl adjacent to an activating group) is 1. The summed E-state index contributed by atoms with van der Waals surface area (Å²) in [6, 6.07) is 7.36. The quantitative estimate of drug-likeness (QED) is 0.732. The summed E-state index contributed by atoms with van der Waals surface area (Å²) in [6.45, 7) is 10.3. The number of anilines is 1. The number of rotatable bonds is 8. The van der Waals surface area contributed by atoms with Gasteiger partial charge in [0.1, 0.15) is 12.4 Å². The minimum Gasteiger partial charge on any atom is -0.489 e. The maximum Gasteiger partial charge on any atom is 0.238 e. The SMILES string of the molecule is C=CCOc1cccc(NC(=O)CN(CC)CC)c1. The van der Waals surface area contributed by atoms with Gasteiger partial charge in [-0.15, -0.1) is 0 Å². The van der Waals surface area contributed by atoms with Gasteiger partial charge in [-0.3, -0.25) is 9.69 Å². The molecule has 0 aliphatic heterocycles. The van der Waals surface area contributed by atoms with Crippen LogP contribution in [0.5, 0.6) is 5.75 Å². The molecule has 1 rings (SSSR count). The van der Waals surface area contributed by atoms with Gasteiger partial charge in [-0.05, 0) is 25.2 Å². The van der Waals surface area contributed by atoms with E-state index >= 15 is 0 Å². The largest absolute Gasteiger partial charge is 0.489 e. The molecule has 0 aliphatic carbocycles. The van der Waals surface area contributed by atoms with Crippen LogP contribution in [0.25, 0.3) is 0 Å². The number of hydrogen-bond acceptors (Lipinski definition) is 3. The summed E-state index contributed by atoms with van der Waals surface area (Å²) in [7, 11) is 0. The summed E-state index contributed by atoms with van der Waals surface area (Å²) in [5, 5.41) is 2.87. The monoisotopic (exact) mass is 262 g/mol. The Bertz CT molecular complexity index is 414. The van der Waals surface area contributed by atoms with E-state index < -0.39 is 0 Å². The smallest absolute Gasteiger partial charge is 0.238 e. The lowest BCUT2D eigenvalue weighted by molar-refractivity contribution is -0.117. The highest BCUT2D eigenvalue weighted by Gasteiger charge is 2.07. The molecule has 1 N–H and O–H groups in total. The molecule has 0 spiro atoms. The van der Waals surface area contributed by atoms with Gasteiger partial charge >= 0.3 is 0 Å².